The second-order valence-electron chi connectivity index (χ2n) is 8.32. The summed E-state index contributed by atoms with van der Waals surface area (Å²) in [6.45, 7) is 1.15. The Hall–Kier alpha value is -1.15. The first-order chi connectivity index (χ1) is 12.3. The number of rotatable bonds is 3. The van der Waals surface area contributed by atoms with Gasteiger partial charge in [0.2, 0.25) is 10.0 Å². The minimum absolute atomic E-state index is 0.0268. The number of piperidine rings is 1. The molecular formula is C18H22ClN3O3S. The molecule has 1 spiro atoms. The van der Waals surface area contributed by atoms with Gasteiger partial charge in [0.15, 0.2) is 0 Å². The van der Waals surface area contributed by atoms with Gasteiger partial charge in [0.05, 0.1) is 22.6 Å². The second-order valence-corrected chi connectivity index (χ2v) is 11.0. The summed E-state index contributed by atoms with van der Waals surface area (Å²) in [5, 5.41) is 19.6. The van der Waals surface area contributed by atoms with Crippen molar-refractivity contribution in [2.45, 2.75) is 49.4 Å². The number of hydrogen-bond acceptors (Lipinski definition) is 4. The summed E-state index contributed by atoms with van der Waals surface area (Å²) in [5.74, 6) is 0. The predicted molar refractivity (Wildman–Crippen MR) is 99.4 cm³/mol. The van der Waals surface area contributed by atoms with E-state index < -0.39 is 15.6 Å². The zero-order valence-corrected chi connectivity index (χ0v) is 16.0. The molecule has 2 N–H and O–H groups in total. The van der Waals surface area contributed by atoms with Gasteiger partial charge in [0.1, 0.15) is 0 Å². The quantitative estimate of drug-likeness (QED) is 0.836. The van der Waals surface area contributed by atoms with Gasteiger partial charge in [-0.15, -0.1) is 0 Å². The van der Waals surface area contributed by atoms with Crippen molar-refractivity contribution >= 4 is 32.5 Å². The van der Waals surface area contributed by atoms with E-state index in [1.54, 1.807) is 10.5 Å². The fourth-order valence-electron chi connectivity index (χ4n) is 4.91. The Bertz CT molecular complexity index is 967. The summed E-state index contributed by atoms with van der Waals surface area (Å²) in [5.41, 5.74) is 0.739. The van der Waals surface area contributed by atoms with Crippen LogP contribution in [0.3, 0.4) is 0 Å². The van der Waals surface area contributed by atoms with Crippen LogP contribution in [0.15, 0.2) is 18.3 Å². The topological polar surface area (TPSA) is 86.3 Å². The van der Waals surface area contributed by atoms with Crippen molar-refractivity contribution < 1.29 is 13.5 Å². The average Bonchev–Trinajstić information content (AvgIpc) is 3.33. The van der Waals surface area contributed by atoms with E-state index in [0.717, 1.165) is 42.1 Å². The third-order valence-corrected chi connectivity index (χ3v) is 9.06. The maximum Gasteiger partial charge on any atom is 0.216 e. The monoisotopic (exact) mass is 395 g/mol. The van der Waals surface area contributed by atoms with Crippen LogP contribution in [-0.4, -0.2) is 46.4 Å². The highest BCUT2D eigenvalue weighted by Gasteiger charge is 2.57. The molecule has 0 amide bonds. The highest BCUT2D eigenvalue weighted by molar-refractivity contribution is 7.90. The summed E-state index contributed by atoms with van der Waals surface area (Å²) in [6.07, 6.45) is 6.24. The molecule has 8 heteroatoms. The van der Waals surface area contributed by atoms with E-state index in [4.69, 9.17) is 11.6 Å². The fourth-order valence-corrected chi connectivity index (χ4v) is 6.98. The third kappa shape index (κ3) is 2.52. The van der Waals surface area contributed by atoms with E-state index in [0.29, 0.717) is 31.0 Å². The summed E-state index contributed by atoms with van der Waals surface area (Å²) in [4.78, 5) is 0. The molecule has 1 aliphatic heterocycles. The number of nitrogens with zero attached hydrogens (tertiary/aromatic N) is 2. The molecule has 6 nitrogen and oxygen atoms in total. The summed E-state index contributed by atoms with van der Waals surface area (Å²) < 4.78 is 26.5. The number of hydrogen-bond donors (Lipinski definition) is 2. The van der Waals surface area contributed by atoms with E-state index in [1.807, 2.05) is 12.1 Å². The molecule has 0 atom stereocenters. The van der Waals surface area contributed by atoms with E-state index in [1.165, 1.54) is 0 Å². The number of nitrogens with one attached hydrogen (secondary N) is 1. The smallest absolute Gasteiger partial charge is 0.216 e. The van der Waals surface area contributed by atoms with Gasteiger partial charge in [-0.05, 0) is 56.1 Å². The van der Waals surface area contributed by atoms with Gasteiger partial charge in [-0.3, -0.25) is 5.10 Å². The fraction of sp³-hybridized carbons (Fsp3) is 0.611. The van der Waals surface area contributed by atoms with Gasteiger partial charge in [0, 0.05) is 29.1 Å². The van der Waals surface area contributed by atoms with Gasteiger partial charge in [0.25, 0.3) is 0 Å². The molecule has 140 valence electrons. The van der Waals surface area contributed by atoms with Crippen molar-refractivity contribution in [2.24, 2.45) is 5.41 Å². The Morgan fingerprint density at radius 2 is 1.92 bits per heavy atom. The lowest BCUT2D eigenvalue weighted by Gasteiger charge is -2.56. The zero-order chi connectivity index (χ0) is 18.2. The lowest BCUT2D eigenvalue weighted by molar-refractivity contribution is -0.150. The van der Waals surface area contributed by atoms with Crippen LogP contribution in [0.1, 0.15) is 44.1 Å². The van der Waals surface area contributed by atoms with Gasteiger partial charge in [-0.2, -0.15) is 5.10 Å². The molecule has 3 aliphatic rings. The molecule has 1 aromatic carbocycles. The number of fused-ring (bicyclic) bond motifs is 1. The van der Waals surface area contributed by atoms with Crippen molar-refractivity contribution in [3.63, 3.8) is 0 Å². The number of halogens is 1. The lowest BCUT2D eigenvalue weighted by atomic mass is 9.53. The first-order valence-corrected chi connectivity index (χ1v) is 11.0. The number of aromatic amines is 1. The van der Waals surface area contributed by atoms with Gasteiger partial charge >= 0.3 is 0 Å². The predicted octanol–water partition coefficient (Wildman–Crippen LogP) is 2.77. The molecule has 5 rings (SSSR count). The third-order valence-electron chi connectivity index (χ3n) is 6.44. The molecule has 0 bridgehead atoms. The SMILES string of the molecule is O=S(=O)(C1CC1)N1CCC2(CC1)CC(O)(c1cc(Cl)cc3cn[nH]c13)C2. The van der Waals surface area contributed by atoms with Crippen LogP contribution in [0.25, 0.3) is 10.9 Å². The van der Waals surface area contributed by atoms with E-state index >= 15 is 0 Å². The molecule has 1 aromatic heterocycles. The number of aliphatic hydroxyl groups is 1. The number of sulfonamides is 1. The standard InChI is InChI=1S/C18H22ClN3O3S/c19-13-7-12-9-20-21-16(12)15(8-13)18(23)10-17(11-18)3-5-22(6-4-17)26(24,25)14-1-2-14/h7-9,14,23H,1-6,10-11H2,(H,20,21). The summed E-state index contributed by atoms with van der Waals surface area (Å²) in [7, 11) is -3.09. The maximum atomic E-state index is 12.4. The van der Waals surface area contributed by atoms with Crippen LogP contribution in [0.5, 0.6) is 0 Å². The molecule has 2 heterocycles. The molecule has 2 aliphatic carbocycles. The van der Waals surface area contributed by atoms with Crippen LogP contribution in [0.2, 0.25) is 5.02 Å². The van der Waals surface area contributed by atoms with Crippen LogP contribution >= 0.6 is 11.6 Å². The van der Waals surface area contributed by atoms with Crippen LogP contribution in [0, 0.1) is 5.41 Å². The largest absolute Gasteiger partial charge is 0.385 e. The van der Waals surface area contributed by atoms with Crippen molar-refractivity contribution in [3.8, 4) is 0 Å². The van der Waals surface area contributed by atoms with Gasteiger partial charge < -0.3 is 5.11 Å². The Morgan fingerprint density at radius 3 is 2.58 bits per heavy atom. The van der Waals surface area contributed by atoms with Gasteiger partial charge in [-0.1, -0.05) is 11.6 Å². The number of aromatic nitrogens is 2. The highest BCUT2D eigenvalue weighted by atomic mass is 35.5. The van der Waals surface area contributed by atoms with Crippen LogP contribution < -0.4 is 0 Å². The molecule has 2 saturated carbocycles. The summed E-state index contributed by atoms with van der Waals surface area (Å²) >= 11 is 6.22. The van der Waals surface area contributed by atoms with Crippen LogP contribution in [-0.2, 0) is 15.6 Å². The Morgan fingerprint density at radius 1 is 1.23 bits per heavy atom. The van der Waals surface area contributed by atoms with Crippen LogP contribution in [0.4, 0.5) is 0 Å². The highest BCUT2D eigenvalue weighted by Crippen LogP contribution is 2.60. The second kappa shape index (κ2) is 5.44. The zero-order valence-electron chi connectivity index (χ0n) is 14.4. The molecule has 3 fully saturated rings. The van der Waals surface area contributed by atoms with Crippen molar-refractivity contribution in [3.05, 3.63) is 28.9 Å². The molecule has 1 saturated heterocycles. The molecular weight excluding hydrogens is 374 g/mol. The van der Waals surface area contributed by atoms with Gasteiger partial charge in [-0.25, -0.2) is 12.7 Å². The maximum absolute atomic E-state index is 12.4. The summed E-state index contributed by atoms with van der Waals surface area (Å²) in [6, 6.07) is 3.66. The number of benzene rings is 1. The lowest BCUT2D eigenvalue weighted by Crippen LogP contribution is -2.55. The first kappa shape index (κ1) is 17.0. The minimum atomic E-state index is -3.09. The average molecular weight is 396 g/mol. The minimum Gasteiger partial charge on any atom is -0.385 e. The Kier molecular flexibility index (Phi) is 3.55. The molecule has 0 radical (unpaired) electrons. The Labute approximate surface area is 157 Å². The number of H-pyrrole nitrogens is 1. The van der Waals surface area contributed by atoms with Crippen molar-refractivity contribution in [1.82, 2.24) is 14.5 Å². The normalized spacial score (nSPS) is 25.5. The van der Waals surface area contributed by atoms with Crippen molar-refractivity contribution in [2.75, 3.05) is 13.1 Å². The van der Waals surface area contributed by atoms with E-state index in [9.17, 15) is 13.5 Å². The van der Waals surface area contributed by atoms with E-state index in [2.05, 4.69) is 10.2 Å². The first-order valence-electron chi connectivity index (χ1n) is 9.16. The van der Waals surface area contributed by atoms with Crippen molar-refractivity contribution in [1.29, 1.82) is 0 Å². The molecule has 0 unspecified atom stereocenters. The molecule has 2 aromatic rings. The Balaban J connectivity index is 1.34. The van der Waals surface area contributed by atoms with E-state index in [-0.39, 0.29) is 10.7 Å². The molecule has 26 heavy (non-hydrogen) atoms.